The molecule has 2 aromatic rings. The number of aliphatic hydroxyl groups excluding tert-OH is 1. The van der Waals surface area contributed by atoms with Crippen LogP contribution in [0.1, 0.15) is 29.6 Å². The van der Waals surface area contributed by atoms with Crippen molar-refractivity contribution in [3.05, 3.63) is 42.2 Å². The van der Waals surface area contributed by atoms with Crippen LogP contribution in [-0.4, -0.2) is 83.6 Å². The maximum atomic E-state index is 13.2. The summed E-state index contributed by atoms with van der Waals surface area (Å²) in [6.45, 7) is 1.71. The molecule has 3 fully saturated rings. The Balaban J connectivity index is 1.12. The number of rotatable bonds is 7. The fraction of sp³-hybridized carbons (Fsp3) is 0.520. The monoisotopic (exact) mass is 501 g/mol. The maximum Gasteiger partial charge on any atom is 0.259 e. The first kappa shape index (κ1) is 24.4. The van der Waals surface area contributed by atoms with E-state index in [2.05, 4.69) is 9.97 Å². The van der Waals surface area contributed by atoms with Gasteiger partial charge in [-0.3, -0.25) is 9.59 Å². The SMILES string of the molecule is CN(C)C(=O)C1CN(c2ncc(N3CC[C@@H](Oc4ccc(C(=O)C5CC5(F)F)cc4)CC3O)cn2)C1. The number of hydrogen-bond acceptors (Lipinski definition) is 8. The second-order valence-electron chi connectivity index (χ2n) is 9.92. The van der Waals surface area contributed by atoms with Gasteiger partial charge in [-0.25, -0.2) is 18.7 Å². The summed E-state index contributed by atoms with van der Waals surface area (Å²) in [5, 5.41) is 10.7. The van der Waals surface area contributed by atoms with Crippen LogP contribution in [0, 0.1) is 11.8 Å². The lowest BCUT2D eigenvalue weighted by molar-refractivity contribution is -0.133. The van der Waals surface area contributed by atoms with Crippen molar-refractivity contribution in [2.75, 3.05) is 43.5 Å². The quantitative estimate of drug-likeness (QED) is 0.577. The van der Waals surface area contributed by atoms with Crippen molar-refractivity contribution in [1.82, 2.24) is 14.9 Å². The van der Waals surface area contributed by atoms with E-state index in [9.17, 15) is 23.5 Å². The first-order chi connectivity index (χ1) is 17.1. The molecule has 192 valence electrons. The number of ether oxygens (including phenoxy) is 1. The number of carbonyl (C=O) groups is 2. The molecule has 2 saturated heterocycles. The number of Topliss-reactive ketones (excluding diaryl/α,β-unsaturated/α-hetero) is 1. The average molecular weight is 502 g/mol. The van der Waals surface area contributed by atoms with Gasteiger partial charge in [0.15, 0.2) is 5.78 Å². The van der Waals surface area contributed by atoms with Crippen LogP contribution in [0.25, 0.3) is 0 Å². The molecule has 9 nitrogen and oxygen atoms in total. The summed E-state index contributed by atoms with van der Waals surface area (Å²) in [5.74, 6) is -3.50. The van der Waals surface area contributed by atoms with Crippen molar-refractivity contribution in [3.63, 3.8) is 0 Å². The highest BCUT2D eigenvalue weighted by Crippen LogP contribution is 2.50. The Morgan fingerprint density at radius 1 is 1.14 bits per heavy atom. The molecular weight excluding hydrogens is 472 g/mol. The van der Waals surface area contributed by atoms with Gasteiger partial charge in [0.25, 0.3) is 5.92 Å². The van der Waals surface area contributed by atoms with Gasteiger partial charge in [-0.2, -0.15) is 0 Å². The summed E-state index contributed by atoms with van der Waals surface area (Å²) in [6, 6.07) is 6.22. The van der Waals surface area contributed by atoms with Gasteiger partial charge in [0.2, 0.25) is 11.9 Å². The number of amides is 1. The molecule has 2 unspecified atom stereocenters. The molecule has 1 amide bonds. The van der Waals surface area contributed by atoms with Gasteiger partial charge in [0.05, 0.1) is 29.9 Å². The van der Waals surface area contributed by atoms with Crippen LogP contribution in [0.2, 0.25) is 0 Å². The number of carbonyl (C=O) groups excluding carboxylic acids is 2. The zero-order chi connectivity index (χ0) is 25.6. The molecule has 1 aromatic heterocycles. The lowest BCUT2D eigenvalue weighted by Crippen LogP contribution is -2.54. The highest BCUT2D eigenvalue weighted by molar-refractivity contribution is 6.00. The number of anilines is 2. The van der Waals surface area contributed by atoms with E-state index < -0.39 is 23.9 Å². The molecule has 0 radical (unpaired) electrons. The number of aliphatic hydroxyl groups is 1. The van der Waals surface area contributed by atoms with Gasteiger partial charge in [-0.05, 0) is 24.3 Å². The standard InChI is InChI=1S/C25H29F2N5O4/c1-30(2)23(35)16-13-31(14-16)24-28-11-17(12-29-24)32-8-7-19(9-21(32)33)36-18-5-3-15(4-6-18)22(34)20-10-25(20,26)27/h3-6,11-12,16,19-21,33H,7-10,13-14H2,1-2H3/t19-,20?,21?/m1/s1. The van der Waals surface area contributed by atoms with Crippen molar-refractivity contribution in [1.29, 1.82) is 0 Å². The molecule has 3 aliphatic rings. The van der Waals surface area contributed by atoms with Crippen molar-refractivity contribution < 1.29 is 28.2 Å². The number of ketones is 1. The number of benzene rings is 1. The number of aromatic nitrogens is 2. The summed E-state index contributed by atoms with van der Waals surface area (Å²) >= 11 is 0. The van der Waals surface area contributed by atoms with Gasteiger partial charge in [-0.15, -0.1) is 0 Å². The van der Waals surface area contributed by atoms with Crippen molar-refractivity contribution in [2.24, 2.45) is 11.8 Å². The van der Waals surface area contributed by atoms with Crippen LogP contribution in [-0.2, 0) is 4.79 Å². The Hall–Kier alpha value is -3.34. The van der Waals surface area contributed by atoms with E-state index in [1.54, 1.807) is 43.5 Å². The second-order valence-corrected chi connectivity index (χ2v) is 9.92. The number of hydrogen-bond donors (Lipinski definition) is 1. The summed E-state index contributed by atoms with van der Waals surface area (Å²) in [5.41, 5.74) is 0.951. The molecule has 0 spiro atoms. The highest BCUT2D eigenvalue weighted by Gasteiger charge is 2.61. The summed E-state index contributed by atoms with van der Waals surface area (Å²) in [4.78, 5) is 38.3. The van der Waals surface area contributed by atoms with Gasteiger partial charge < -0.3 is 24.5 Å². The third-order valence-corrected chi connectivity index (χ3v) is 7.02. The Kier molecular flexibility index (Phi) is 6.27. The Morgan fingerprint density at radius 3 is 2.33 bits per heavy atom. The molecule has 1 saturated carbocycles. The second kappa shape index (κ2) is 9.27. The minimum absolute atomic E-state index is 0.0382. The number of nitrogens with zero attached hydrogens (tertiary/aromatic N) is 5. The largest absolute Gasteiger partial charge is 0.490 e. The van der Waals surface area contributed by atoms with Crippen molar-refractivity contribution >= 4 is 23.3 Å². The van der Waals surface area contributed by atoms with E-state index in [4.69, 9.17) is 4.74 Å². The number of halogens is 2. The van der Waals surface area contributed by atoms with Crippen molar-refractivity contribution in [2.45, 2.75) is 37.5 Å². The van der Waals surface area contributed by atoms with Crippen LogP contribution in [0.3, 0.4) is 0 Å². The maximum absolute atomic E-state index is 13.2. The van der Waals surface area contributed by atoms with Crippen molar-refractivity contribution in [3.8, 4) is 5.75 Å². The van der Waals surface area contributed by atoms with Crippen LogP contribution >= 0.6 is 0 Å². The van der Waals surface area contributed by atoms with Crippen LogP contribution < -0.4 is 14.5 Å². The summed E-state index contributed by atoms with van der Waals surface area (Å²) in [6.07, 6.45) is 2.94. The van der Waals surface area contributed by atoms with E-state index in [0.29, 0.717) is 49.9 Å². The van der Waals surface area contributed by atoms with Crippen LogP contribution in [0.4, 0.5) is 20.4 Å². The molecule has 2 aliphatic heterocycles. The average Bonchev–Trinajstić information content (AvgIpc) is 3.46. The topological polar surface area (TPSA) is 99.1 Å². The Labute approximate surface area is 207 Å². The molecule has 1 aliphatic carbocycles. The predicted octanol–water partition coefficient (Wildman–Crippen LogP) is 2.21. The highest BCUT2D eigenvalue weighted by atomic mass is 19.3. The zero-order valence-corrected chi connectivity index (χ0v) is 20.2. The predicted molar refractivity (Wildman–Crippen MR) is 127 cm³/mol. The zero-order valence-electron chi connectivity index (χ0n) is 20.2. The van der Waals surface area contributed by atoms with Gasteiger partial charge >= 0.3 is 0 Å². The molecule has 5 rings (SSSR count). The normalized spacial score (nSPS) is 25.2. The first-order valence-electron chi connectivity index (χ1n) is 12.0. The minimum atomic E-state index is -2.88. The van der Waals surface area contributed by atoms with E-state index in [0.717, 1.165) is 0 Å². The van der Waals surface area contributed by atoms with E-state index in [-0.39, 0.29) is 29.9 Å². The van der Waals surface area contributed by atoms with E-state index in [1.807, 2.05) is 9.80 Å². The summed E-state index contributed by atoms with van der Waals surface area (Å²) < 4.78 is 32.3. The number of piperidine rings is 1. The van der Waals surface area contributed by atoms with Gasteiger partial charge in [0.1, 0.15) is 18.1 Å². The fourth-order valence-electron chi connectivity index (χ4n) is 4.70. The molecule has 36 heavy (non-hydrogen) atoms. The third-order valence-electron chi connectivity index (χ3n) is 7.02. The van der Waals surface area contributed by atoms with E-state index in [1.165, 1.54) is 12.1 Å². The molecule has 1 aromatic carbocycles. The van der Waals surface area contributed by atoms with Crippen LogP contribution in [0.5, 0.6) is 5.75 Å². The lowest BCUT2D eigenvalue weighted by atomic mass is 9.99. The van der Waals surface area contributed by atoms with Crippen LogP contribution in [0.15, 0.2) is 36.7 Å². The molecule has 11 heteroatoms. The van der Waals surface area contributed by atoms with E-state index >= 15 is 0 Å². The Morgan fingerprint density at radius 2 is 1.78 bits per heavy atom. The Bertz CT molecular complexity index is 1120. The molecule has 1 N–H and O–H groups in total. The van der Waals surface area contributed by atoms with Gasteiger partial charge in [-0.1, -0.05) is 0 Å². The lowest BCUT2D eigenvalue weighted by Gasteiger charge is -2.40. The molecule has 0 bridgehead atoms. The smallest absolute Gasteiger partial charge is 0.259 e. The molecule has 3 atom stereocenters. The summed E-state index contributed by atoms with van der Waals surface area (Å²) in [7, 11) is 3.49. The first-order valence-corrected chi connectivity index (χ1v) is 12.0. The molecule has 3 heterocycles. The fourth-order valence-corrected chi connectivity index (χ4v) is 4.70. The number of alkyl halides is 2. The molecular formula is C25H29F2N5O4. The minimum Gasteiger partial charge on any atom is -0.490 e. The van der Waals surface area contributed by atoms with Gasteiger partial charge in [0, 0.05) is 58.6 Å². The third kappa shape index (κ3) is 4.84.